The highest BCUT2D eigenvalue weighted by Crippen LogP contribution is 2.35. The Morgan fingerprint density at radius 1 is 1.16 bits per heavy atom. The molecule has 0 unspecified atom stereocenters. The van der Waals surface area contributed by atoms with Crippen LogP contribution in [0.2, 0.25) is 5.02 Å². The third kappa shape index (κ3) is 4.75. The largest absolute Gasteiger partial charge is 0.479 e. The van der Waals surface area contributed by atoms with Crippen LogP contribution < -0.4 is 15.7 Å². The maximum absolute atomic E-state index is 12.4. The minimum Gasteiger partial charge on any atom is -0.479 e. The lowest BCUT2D eigenvalue weighted by Crippen LogP contribution is -2.36. The van der Waals surface area contributed by atoms with Crippen LogP contribution in [0.4, 0.5) is 0 Å². The lowest BCUT2D eigenvalue weighted by molar-refractivity contribution is -0.127. The predicted octanol–water partition coefficient (Wildman–Crippen LogP) is 4.59. The molecule has 0 radical (unpaired) electrons. The first kappa shape index (κ1) is 20.6. The molecule has 156 valence electrons. The van der Waals surface area contributed by atoms with Gasteiger partial charge in [0.2, 0.25) is 0 Å². The predicted molar refractivity (Wildman–Crippen MR) is 119 cm³/mol. The zero-order valence-electron chi connectivity index (χ0n) is 16.7. The third-order valence-electron chi connectivity index (χ3n) is 4.74. The fourth-order valence-electron chi connectivity index (χ4n) is 3.19. The van der Waals surface area contributed by atoms with Crippen molar-refractivity contribution in [1.82, 2.24) is 10.3 Å². The Labute approximate surface area is 183 Å². The highest BCUT2D eigenvalue weighted by Gasteiger charge is 2.18. The number of hydrogen-bond donors (Lipinski definition) is 1. The molecule has 1 atom stereocenters. The van der Waals surface area contributed by atoms with Crippen LogP contribution in [-0.4, -0.2) is 17.0 Å². The van der Waals surface area contributed by atoms with Crippen molar-refractivity contribution >= 4 is 28.5 Å². The van der Waals surface area contributed by atoms with Gasteiger partial charge in [0.1, 0.15) is 11.3 Å². The van der Waals surface area contributed by atoms with Crippen molar-refractivity contribution in [3.05, 3.63) is 94.1 Å². The SMILES string of the molecule is C[C@@H](Oc1cc2oc(=O)cc(-c3ccccc3)c2cc1Cl)C(=O)NCc1cccnc1. The summed E-state index contributed by atoms with van der Waals surface area (Å²) in [5.74, 6) is -0.0499. The number of amides is 1. The normalized spacial score (nSPS) is 11.8. The number of benzene rings is 2. The minimum absolute atomic E-state index is 0.256. The number of nitrogens with one attached hydrogen (secondary N) is 1. The molecule has 31 heavy (non-hydrogen) atoms. The van der Waals surface area contributed by atoms with Gasteiger partial charge in [0.15, 0.2) is 6.10 Å². The summed E-state index contributed by atoms with van der Waals surface area (Å²) in [6, 6.07) is 17.8. The van der Waals surface area contributed by atoms with E-state index in [0.29, 0.717) is 28.1 Å². The van der Waals surface area contributed by atoms with Gasteiger partial charge < -0.3 is 14.5 Å². The zero-order chi connectivity index (χ0) is 21.8. The maximum atomic E-state index is 12.4. The standard InChI is InChI=1S/C24H19ClN2O4/c1-15(24(29)27-14-16-6-5-9-26-13-16)30-22-12-21-19(10-20(22)25)18(11-23(28)31-21)17-7-3-2-4-8-17/h2-13,15H,14H2,1H3,(H,27,29)/t15-/m1/s1. The number of ether oxygens (including phenoxy) is 1. The van der Waals surface area contributed by atoms with Crippen LogP contribution in [0.1, 0.15) is 12.5 Å². The number of carbonyl (C=O) groups excluding carboxylic acids is 1. The van der Waals surface area contributed by atoms with E-state index in [1.807, 2.05) is 36.4 Å². The lowest BCUT2D eigenvalue weighted by Gasteiger charge is -2.16. The van der Waals surface area contributed by atoms with E-state index in [2.05, 4.69) is 10.3 Å². The first-order valence-corrected chi connectivity index (χ1v) is 10.0. The van der Waals surface area contributed by atoms with Gasteiger partial charge in [0.25, 0.3) is 5.91 Å². The van der Waals surface area contributed by atoms with Gasteiger partial charge in [-0.05, 0) is 35.7 Å². The highest BCUT2D eigenvalue weighted by molar-refractivity contribution is 6.33. The second-order valence-electron chi connectivity index (χ2n) is 6.96. The molecule has 2 aromatic carbocycles. The van der Waals surface area contributed by atoms with E-state index in [-0.39, 0.29) is 11.7 Å². The highest BCUT2D eigenvalue weighted by atomic mass is 35.5. The van der Waals surface area contributed by atoms with E-state index in [1.165, 1.54) is 12.1 Å². The molecule has 0 aliphatic carbocycles. The Balaban J connectivity index is 1.57. The van der Waals surface area contributed by atoms with Crippen LogP contribution in [0.3, 0.4) is 0 Å². The fourth-order valence-corrected chi connectivity index (χ4v) is 3.40. The van der Waals surface area contributed by atoms with Crippen LogP contribution in [0.25, 0.3) is 22.1 Å². The van der Waals surface area contributed by atoms with Crippen LogP contribution in [0.5, 0.6) is 5.75 Å². The molecule has 0 saturated carbocycles. The number of fused-ring (bicyclic) bond motifs is 1. The molecule has 0 aliphatic rings. The van der Waals surface area contributed by atoms with E-state index >= 15 is 0 Å². The molecule has 0 fully saturated rings. The molecule has 7 heteroatoms. The molecule has 0 saturated heterocycles. The van der Waals surface area contributed by atoms with Gasteiger partial charge in [-0.15, -0.1) is 0 Å². The monoisotopic (exact) mass is 434 g/mol. The van der Waals surface area contributed by atoms with Gasteiger partial charge in [0.05, 0.1) is 5.02 Å². The number of carbonyl (C=O) groups is 1. The zero-order valence-corrected chi connectivity index (χ0v) is 17.4. The van der Waals surface area contributed by atoms with Gasteiger partial charge in [-0.2, -0.15) is 0 Å². The van der Waals surface area contributed by atoms with Crippen molar-refractivity contribution in [2.75, 3.05) is 0 Å². The van der Waals surface area contributed by atoms with E-state index in [1.54, 1.807) is 31.5 Å². The summed E-state index contributed by atoms with van der Waals surface area (Å²) in [6.45, 7) is 1.96. The van der Waals surface area contributed by atoms with Crippen molar-refractivity contribution in [1.29, 1.82) is 0 Å². The Morgan fingerprint density at radius 3 is 2.71 bits per heavy atom. The van der Waals surface area contributed by atoms with Crippen LogP contribution in [0, 0.1) is 0 Å². The molecule has 4 rings (SSSR count). The molecule has 0 bridgehead atoms. The molecule has 1 N–H and O–H groups in total. The van der Waals surface area contributed by atoms with E-state index < -0.39 is 11.7 Å². The lowest BCUT2D eigenvalue weighted by atomic mass is 10.0. The first-order valence-electron chi connectivity index (χ1n) is 9.67. The maximum Gasteiger partial charge on any atom is 0.336 e. The molecule has 4 aromatic rings. The number of hydrogen-bond acceptors (Lipinski definition) is 5. The minimum atomic E-state index is -0.810. The van der Waals surface area contributed by atoms with Gasteiger partial charge in [-0.1, -0.05) is 48.0 Å². The fraction of sp³-hybridized carbons (Fsp3) is 0.125. The summed E-state index contributed by atoms with van der Waals surface area (Å²) in [7, 11) is 0. The number of rotatable bonds is 6. The van der Waals surface area contributed by atoms with Gasteiger partial charge >= 0.3 is 5.63 Å². The second-order valence-corrected chi connectivity index (χ2v) is 7.37. The summed E-state index contributed by atoms with van der Waals surface area (Å²) < 4.78 is 11.1. The molecule has 0 spiro atoms. The van der Waals surface area contributed by atoms with E-state index in [4.69, 9.17) is 20.8 Å². The molecule has 2 aromatic heterocycles. The Kier molecular flexibility index (Phi) is 6.00. The summed E-state index contributed by atoms with van der Waals surface area (Å²) >= 11 is 6.44. The van der Waals surface area contributed by atoms with Crippen molar-refractivity contribution in [2.45, 2.75) is 19.6 Å². The first-order chi connectivity index (χ1) is 15.0. The van der Waals surface area contributed by atoms with Gasteiger partial charge in [0, 0.05) is 36.5 Å². The summed E-state index contributed by atoms with van der Waals surface area (Å²) in [5.41, 5.74) is 2.30. The summed E-state index contributed by atoms with van der Waals surface area (Å²) in [4.78, 5) is 28.5. The van der Waals surface area contributed by atoms with Crippen LogP contribution in [-0.2, 0) is 11.3 Å². The smallest absolute Gasteiger partial charge is 0.336 e. The second kappa shape index (κ2) is 9.02. The van der Waals surface area contributed by atoms with Crippen molar-refractivity contribution in [2.24, 2.45) is 0 Å². The number of aromatic nitrogens is 1. The van der Waals surface area contributed by atoms with E-state index in [9.17, 15) is 9.59 Å². The average molecular weight is 435 g/mol. The van der Waals surface area contributed by atoms with E-state index in [0.717, 1.165) is 11.1 Å². The Bertz CT molecular complexity index is 1270. The molecular weight excluding hydrogens is 416 g/mol. The average Bonchev–Trinajstić information content (AvgIpc) is 2.79. The Hall–Kier alpha value is -3.64. The van der Waals surface area contributed by atoms with Crippen LogP contribution >= 0.6 is 11.6 Å². The summed E-state index contributed by atoms with van der Waals surface area (Å²) in [5, 5.41) is 3.78. The molecule has 0 aliphatic heterocycles. The molecule has 6 nitrogen and oxygen atoms in total. The number of pyridine rings is 1. The molecule has 2 heterocycles. The van der Waals surface area contributed by atoms with Crippen molar-refractivity contribution in [3.63, 3.8) is 0 Å². The summed E-state index contributed by atoms with van der Waals surface area (Å²) in [6.07, 6.45) is 2.54. The quantitative estimate of drug-likeness (QED) is 0.449. The number of halogens is 1. The Morgan fingerprint density at radius 2 is 1.97 bits per heavy atom. The van der Waals surface area contributed by atoms with Crippen molar-refractivity contribution in [3.8, 4) is 16.9 Å². The van der Waals surface area contributed by atoms with Crippen molar-refractivity contribution < 1.29 is 13.9 Å². The van der Waals surface area contributed by atoms with Crippen LogP contribution in [0.15, 0.2) is 82.3 Å². The third-order valence-corrected chi connectivity index (χ3v) is 5.04. The molecule has 1 amide bonds. The van der Waals surface area contributed by atoms with Gasteiger partial charge in [-0.3, -0.25) is 9.78 Å². The topological polar surface area (TPSA) is 81.4 Å². The van der Waals surface area contributed by atoms with Gasteiger partial charge in [-0.25, -0.2) is 4.79 Å². The molecular formula is C24H19ClN2O4. The number of nitrogens with zero attached hydrogens (tertiary/aromatic N) is 1.